The lowest BCUT2D eigenvalue weighted by Gasteiger charge is -2.24. The Morgan fingerprint density at radius 1 is 1.36 bits per heavy atom. The van der Waals surface area contributed by atoms with Crippen LogP contribution in [0.2, 0.25) is 0 Å². The number of hydrogen-bond donors (Lipinski definition) is 0. The van der Waals surface area contributed by atoms with Gasteiger partial charge in [-0.1, -0.05) is 11.8 Å². The van der Waals surface area contributed by atoms with Crippen molar-refractivity contribution >= 4 is 17.5 Å². The second-order valence-corrected chi connectivity index (χ2v) is 7.03. The average molecular weight is 322 g/mol. The highest BCUT2D eigenvalue weighted by Crippen LogP contribution is 2.29. The molecule has 0 aromatic carbocycles. The lowest BCUT2D eigenvalue weighted by molar-refractivity contribution is -0.114. The Balaban J connectivity index is 1.93. The van der Waals surface area contributed by atoms with Crippen LogP contribution in [0.1, 0.15) is 43.9 Å². The van der Waals surface area contributed by atoms with Gasteiger partial charge in [-0.15, -0.1) is 0 Å². The zero-order valence-corrected chi connectivity index (χ0v) is 13.8. The standard InChI is InChI=1S/C16H22N2O3S/c1-11(19)10-22-15-13-6-2-3-7-14(13)18(16(20)17-15)9-12-5-4-8-21-12/h12H,2-10H2,1H3. The van der Waals surface area contributed by atoms with Gasteiger partial charge in [-0.25, -0.2) is 4.79 Å². The average Bonchev–Trinajstić information content (AvgIpc) is 3.01. The molecule has 0 N–H and O–H groups in total. The van der Waals surface area contributed by atoms with Gasteiger partial charge in [0.25, 0.3) is 0 Å². The minimum absolute atomic E-state index is 0.111. The highest BCUT2D eigenvalue weighted by molar-refractivity contribution is 7.99. The maximum Gasteiger partial charge on any atom is 0.348 e. The lowest BCUT2D eigenvalue weighted by atomic mass is 9.97. The van der Waals surface area contributed by atoms with Crippen LogP contribution in [0, 0.1) is 0 Å². The summed E-state index contributed by atoms with van der Waals surface area (Å²) in [5.74, 6) is 0.495. The molecule has 1 saturated heterocycles. The minimum atomic E-state index is -0.192. The monoisotopic (exact) mass is 322 g/mol. The fourth-order valence-electron chi connectivity index (χ4n) is 3.22. The molecule has 5 nitrogen and oxygen atoms in total. The van der Waals surface area contributed by atoms with E-state index in [9.17, 15) is 9.59 Å². The second-order valence-electron chi connectivity index (χ2n) is 6.07. The molecular formula is C16H22N2O3S. The van der Waals surface area contributed by atoms with Crippen molar-refractivity contribution in [1.29, 1.82) is 0 Å². The normalized spacial score (nSPS) is 20.9. The molecule has 3 rings (SSSR count). The molecule has 1 aromatic rings. The molecule has 6 heteroatoms. The van der Waals surface area contributed by atoms with Crippen LogP contribution in [0.4, 0.5) is 0 Å². The molecule has 1 aromatic heterocycles. The molecule has 1 fully saturated rings. The van der Waals surface area contributed by atoms with Gasteiger partial charge in [0.2, 0.25) is 0 Å². The van der Waals surface area contributed by atoms with E-state index in [2.05, 4.69) is 4.98 Å². The third kappa shape index (κ3) is 3.43. The van der Waals surface area contributed by atoms with Gasteiger partial charge in [0, 0.05) is 17.9 Å². The number of ether oxygens (including phenoxy) is 1. The molecular weight excluding hydrogens is 300 g/mol. The van der Waals surface area contributed by atoms with E-state index in [0.29, 0.717) is 12.3 Å². The van der Waals surface area contributed by atoms with Crippen molar-refractivity contribution in [3.05, 3.63) is 21.7 Å². The summed E-state index contributed by atoms with van der Waals surface area (Å²) in [4.78, 5) is 27.9. The van der Waals surface area contributed by atoms with Crippen LogP contribution < -0.4 is 5.69 Å². The third-order valence-electron chi connectivity index (χ3n) is 4.27. The van der Waals surface area contributed by atoms with Gasteiger partial charge in [0.15, 0.2) is 0 Å². The summed E-state index contributed by atoms with van der Waals surface area (Å²) in [5.41, 5.74) is 2.10. The van der Waals surface area contributed by atoms with Crippen molar-refractivity contribution < 1.29 is 9.53 Å². The molecule has 1 aliphatic carbocycles. The van der Waals surface area contributed by atoms with Crippen LogP contribution in [0.15, 0.2) is 9.82 Å². The summed E-state index contributed by atoms with van der Waals surface area (Å²) in [5, 5.41) is 0.762. The van der Waals surface area contributed by atoms with E-state index in [-0.39, 0.29) is 17.6 Å². The van der Waals surface area contributed by atoms with E-state index in [1.54, 1.807) is 6.92 Å². The number of nitrogens with zero attached hydrogens (tertiary/aromatic N) is 2. The predicted octanol–water partition coefficient (Wildman–Crippen LogP) is 1.98. The molecule has 1 unspecified atom stereocenters. The van der Waals surface area contributed by atoms with Gasteiger partial charge in [-0.05, 0) is 45.4 Å². The Morgan fingerprint density at radius 3 is 2.91 bits per heavy atom. The van der Waals surface area contributed by atoms with Crippen LogP contribution in [0.5, 0.6) is 0 Å². The summed E-state index contributed by atoms with van der Waals surface area (Å²) in [6, 6.07) is 0. The van der Waals surface area contributed by atoms with E-state index >= 15 is 0 Å². The summed E-state index contributed by atoms with van der Waals surface area (Å²) in [7, 11) is 0. The van der Waals surface area contributed by atoms with Crippen LogP contribution in [0.3, 0.4) is 0 Å². The zero-order chi connectivity index (χ0) is 15.5. The number of Topliss-reactive ketones (excluding diaryl/α,β-unsaturated/α-hetero) is 1. The topological polar surface area (TPSA) is 61.2 Å². The molecule has 0 bridgehead atoms. The van der Waals surface area contributed by atoms with E-state index in [4.69, 9.17) is 4.74 Å². The van der Waals surface area contributed by atoms with Crippen molar-refractivity contribution in [1.82, 2.24) is 9.55 Å². The first-order valence-electron chi connectivity index (χ1n) is 8.01. The first kappa shape index (κ1) is 15.7. The lowest BCUT2D eigenvalue weighted by Crippen LogP contribution is -2.33. The Morgan fingerprint density at radius 2 is 2.18 bits per heavy atom. The molecule has 0 spiro atoms. The Kier molecular flexibility index (Phi) is 4.98. The smallest absolute Gasteiger partial charge is 0.348 e. The van der Waals surface area contributed by atoms with Crippen molar-refractivity contribution in [3.8, 4) is 0 Å². The molecule has 120 valence electrons. The SMILES string of the molecule is CC(=O)CSc1nc(=O)n(CC2CCCO2)c2c1CCCC2. The predicted molar refractivity (Wildman–Crippen MR) is 85.5 cm³/mol. The maximum absolute atomic E-state index is 12.4. The number of thioether (sulfide) groups is 1. The Bertz CT molecular complexity index is 621. The second kappa shape index (κ2) is 6.96. The molecule has 0 radical (unpaired) electrons. The fourth-order valence-corrected chi connectivity index (χ4v) is 4.09. The van der Waals surface area contributed by atoms with Gasteiger partial charge in [0.05, 0.1) is 18.4 Å². The first-order chi connectivity index (χ1) is 10.6. The van der Waals surface area contributed by atoms with Crippen LogP contribution in [0.25, 0.3) is 0 Å². The quantitative estimate of drug-likeness (QED) is 0.613. The zero-order valence-electron chi connectivity index (χ0n) is 13.0. The number of aromatic nitrogens is 2. The highest BCUT2D eigenvalue weighted by atomic mass is 32.2. The number of fused-ring (bicyclic) bond motifs is 1. The van der Waals surface area contributed by atoms with Crippen LogP contribution in [-0.4, -0.2) is 33.8 Å². The summed E-state index contributed by atoms with van der Waals surface area (Å²) < 4.78 is 7.50. The number of hydrogen-bond acceptors (Lipinski definition) is 5. The van der Waals surface area contributed by atoms with Crippen molar-refractivity contribution in [3.63, 3.8) is 0 Å². The molecule has 1 aliphatic heterocycles. The van der Waals surface area contributed by atoms with Crippen LogP contribution >= 0.6 is 11.8 Å². The van der Waals surface area contributed by atoms with Crippen molar-refractivity contribution in [2.24, 2.45) is 0 Å². The molecule has 1 atom stereocenters. The van der Waals surface area contributed by atoms with Crippen molar-refractivity contribution in [2.45, 2.75) is 63.1 Å². The summed E-state index contributed by atoms with van der Waals surface area (Å²) in [6.45, 7) is 2.98. The van der Waals surface area contributed by atoms with Gasteiger partial charge < -0.3 is 4.74 Å². The molecule has 0 saturated carbocycles. The van der Waals surface area contributed by atoms with E-state index in [0.717, 1.165) is 55.9 Å². The highest BCUT2D eigenvalue weighted by Gasteiger charge is 2.24. The summed E-state index contributed by atoms with van der Waals surface area (Å²) in [6.07, 6.45) is 6.34. The van der Waals surface area contributed by atoms with E-state index < -0.39 is 0 Å². The minimum Gasteiger partial charge on any atom is -0.376 e. The van der Waals surface area contributed by atoms with Gasteiger partial charge in [0.1, 0.15) is 10.8 Å². The molecule has 22 heavy (non-hydrogen) atoms. The number of ketones is 1. The van der Waals surface area contributed by atoms with E-state index in [1.807, 2.05) is 4.57 Å². The third-order valence-corrected chi connectivity index (χ3v) is 5.44. The van der Waals surface area contributed by atoms with Gasteiger partial charge in [-0.3, -0.25) is 9.36 Å². The number of rotatable bonds is 5. The van der Waals surface area contributed by atoms with Crippen molar-refractivity contribution in [2.75, 3.05) is 12.4 Å². The summed E-state index contributed by atoms with van der Waals surface area (Å²) >= 11 is 1.40. The van der Waals surface area contributed by atoms with E-state index in [1.165, 1.54) is 17.3 Å². The maximum atomic E-state index is 12.4. The Hall–Kier alpha value is -1.14. The van der Waals surface area contributed by atoms with Gasteiger partial charge >= 0.3 is 5.69 Å². The number of carbonyl (C=O) groups excluding carboxylic acids is 1. The number of carbonyl (C=O) groups is 1. The Labute approximate surface area is 134 Å². The van der Waals surface area contributed by atoms with Crippen LogP contribution in [-0.2, 0) is 28.9 Å². The largest absolute Gasteiger partial charge is 0.376 e. The van der Waals surface area contributed by atoms with Gasteiger partial charge in [-0.2, -0.15) is 4.98 Å². The molecule has 2 heterocycles. The molecule has 0 amide bonds. The fraction of sp³-hybridized carbons (Fsp3) is 0.688. The molecule has 2 aliphatic rings. The first-order valence-corrected chi connectivity index (χ1v) is 9.00.